The second-order valence-corrected chi connectivity index (χ2v) is 9.09. The van der Waals surface area contributed by atoms with E-state index in [2.05, 4.69) is 20.8 Å². The number of carbonyl (C=O) groups excluding carboxylic acids is 1. The minimum Gasteiger partial charge on any atom is -0.376 e. The summed E-state index contributed by atoms with van der Waals surface area (Å²) < 4.78 is 9.13. The van der Waals surface area contributed by atoms with Gasteiger partial charge in [-0.15, -0.1) is 5.10 Å². The molecule has 1 amide bonds. The number of carbonyl (C=O) groups is 1. The van der Waals surface area contributed by atoms with E-state index >= 15 is 0 Å². The third-order valence-corrected chi connectivity index (χ3v) is 6.51. The van der Waals surface area contributed by atoms with Crippen LogP contribution in [0, 0.1) is 6.92 Å². The van der Waals surface area contributed by atoms with Crippen molar-refractivity contribution in [2.45, 2.75) is 37.6 Å². The Balaban J connectivity index is 1.31. The van der Waals surface area contributed by atoms with E-state index in [-0.39, 0.29) is 17.8 Å². The maximum Gasteiger partial charge on any atom is 0.236 e. The summed E-state index contributed by atoms with van der Waals surface area (Å²) in [6.07, 6.45) is 2.17. The molecule has 1 saturated heterocycles. The molecule has 0 radical (unpaired) electrons. The standard InChI is InChI=1S/C24H25N7O2S/c1-17-9-11-18(12-10-17)21-14-22(31(27-21)19-6-3-2-4-7-19)25-23(32)16-34-24-26-28-29-30(24)15-20-8-5-13-33-20/h2-4,6-7,9-12,14,20H,5,8,13,15-16H2,1H3,(H,25,32)/t20-/m0/s1. The molecule has 0 spiro atoms. The Kier molecular flexibility index (Phi) is 6.68. The van der Waals surface area contributed by atoms with Gasteiger partial charge in [-0.1, -0.05) is 59.8 Å². The number of nitrogens with zero attached hydrogens (tertiary/aromatic N) is 6. The Morgan fingerprint density at radius 3 is 2.76 bits per heavy atom. The number of rotatable bonds is 8. The number of tetrazole rings is 1. The lowest BCUT2D eigenvalue weighted by Crippen LogP contribution is -2.19. The van der Waals surface area contributed by atoms with Gasteiger partial charge in [-0.25, -0.2) is 9.36 Å². The van der Waals surface area contributed by atoms with Gasteiger partial charge in [0, 0.05) is 18.2 Å². The molecule has 9 nitrogen and oxygen atoms in total. The predicted octanol–water partition coefficient (Wildman–Crippen LogP) is 3.74. The van der Waals surface area contributed by atoms with Crippen molar-refractivity contribution in [1.29, 1.82) is 0 Å². The molecular formula is C24H25N7O2S. The molecule has 34 heavy (non-hydrogen) atoms. The van der Waals surface area contributed by atoms with Gasteiger partial charge >= 0.3 is 0 Å². The predicted molar refractivity (Wildman–Crippen MR) is 130 cm³/mol. The van der Waals surface area contributed by atoms with Crippen LogP contribution >= 0.6 is 11.8 Å². The molecule has 4 aromatic rings. The van der Waals surface area contributed by atoms with E-state index in [1.54, 1.807) is 9.36 Å². The fourth-order valence-corrected chi connectivity index (χ4v) is 4.49. The van der Waals surface area contributed by atoms with E-state index in [1.165, 1.54) is 17.3 Å². The van der Waals surface area contributed by atoms with E-state index < -0.39 is 0 Å². The summed E-state index contributed by atoms with van der Waals surface area (Å²) in [6.45, 7) is 3.42. The van der Waals surface area contributed by atoms with E-state index in [1.807, 2.05) is 67.6 Å². The van der Waals surface area contributed by atoms with Gasteiger partial charge in [0.05, 0.1) is 29.8 Å². The van der Waals surface area contributed by atoms with Crippen molar-refractivity contribution in [3.63, 3.8) is 0 Å². The van der Waals surface area contributed by atoms with Gasteiger partial charge in [0.1, 0.15) is 5.82 Å². The number of aromatic nitrogens is 6. The van der Waals surface area contributed by atoms with Crippen LogP contribution in [0.3, 0.4) is 0 Å². The molecule has 174 valence electrons. The largest absolute Gasteiger partial charge is 0.376 e. The summed E-state index contributed by atoms with van der Waals surface area (Å²) in [5, 5.41) is 20.2. The zero-order chi connectivity index (χ0) is 23.3. The van der Waals surface area contributed by atoms with Crippen molar-refractivity contribution >= 4 is 23.5 Å². The van der Waals surface area contributed by atoms with Crippen molar-refractivity contribution in [2.24, 2.45) is 0 Å². The SMILES string of the molecule is Cc1ccc(-c2cc(NC(=O)CSc3nnnn3C[C@@H]3CCCO3)n(-c3ccccc3)n2)cc1. The van der Waals surface area contributed by atoms with Crippen molar-refractivity contribution in [2.75, 3.05) is 17.7 Å². The van der Waals surface area contributed by atoms with Gasteiger partial charge in [0.25, 0.3) is 0 Å². The van der Waals surface area contributed by atoms with Crippen molar-refractivity contribution in [3.05, 3.63) is 66.2 Å². The first kappa shape index (κ1) is 22.3. The molecule has 1 aliphatic rings. The van der Waals surface area contributed by atoms with E-state index in [9.17, 15) is 4.79 Å². The number of para-hydroxylation sites is 1. The molecule has 2 aromatic heterocycles. The quantitative estimate of drug-likeness (QED) is 0.388. The number of ether oxygens (including phenoxy) is 1. The van der Waals surface area contributed by atoms with E-state index in [0.717, 1.165) is 36.4 Å². The highest BCUT2D eigenvalue weighted by Gasteiger charge is 2.20. The van der Waals surface area contributed by atoms with Crippen molar-refractivity contribution < 1.29 is 9.53 Å². The molecule has 1 fully saturated rings. The second kappa shape index (κ2) is 10.2. The van der Waals surface area contributed by atoms with Gasteiger partial charge in [-0.3, -0.25) is 4.79 Å². The molecule has 0 bridgehead atoms. The molecule has 1 aliphatic heterocycles. The first-order chi connectivity index (χ1) is 16.7. The van der Waals surface area contributed by atoms with Crippen LogP contribution < -0.4 is 5.32 Å². The fraction of sp³-hybridized carbons (Fsp3) is 0.292. The number of amides is 1. The monoisotopic (exact) mass is 475 g/mol. The first-order valence-electron chi connectivity index (χ1n) is 11.2. The Hall–Kier alpha value is -3.50. The van der Waals surface area contributed by atoms with Crippen LogP contribution in [-0.4, -0.2) is 54.4 Å². The number of hydrogen-bond donors (Lipinski definition) is 1. The van der Waals surface area contributed by atoms with E-state index in [0.29, 0.717) is 17.5 Å². The Morgan fingerprint density at radius 1 is 1.18 bits per heavy atom. The Labute approximate surface area is 201 Å². The molecule has 0 saturated carbocycles. The average molecular weight is 476 g/mol. The van der Waals surface area contributed by atoms with Gasteiger partial charge in [0.2, 0.25) is 11.1 Å². The number of nitrogens with one attached hydrogen (secondary N) is 1. The average Bonchev–Trinajstić information content (AvgIpc) is 3.61. The Morgan fingerprint density at radius 2 is 2.00 bits per heavy atom. The van der Waals surface area contributed by atoms with Crippen LogP contribution in [-0.2, 0) is 16.1 Å². The van der Waals surface area contributed by atoms with Crippen LogP contribution in [0.25, 0.3) is 16.9 Å². The lowest BCUT2D eigenvalue weighted by Gasteiger charge is -2.10. The second-order valence-electron chi connectivity index (χ2n) is 8.14. The summed E-state index contributed by atoms with van der Waals surface area (Å²) in [6, 6.07) is 19.8. The fourth-order valence-electron chi connectivity index (χ4n) is 3.81. The van der Waals surface area contributed by atoms with Crippen LogP contribution in [0.5, 0.6) is 0 Å². The zero-order valence-electron chi connectivity index (χ0n) is 18.8. The number of benzene rings is 2. The number of anilines is 1. The van der Waals surface area contributed by atoms with Crippen LogP contribution in [0.2, 0.25) is 0 Å². The number of thioether (sulfide) groups is 1. The minimum absolute atomic E-state index is 0.122. The highest BCUT2D eigenvalue weighted by Crippen LogP contribution is 2.26. The highest BCUT2D eigenvalue weighted by molar-refractivity contribution is 7.99. The molecule has 0 unspecified atom stereocenters. The molecule has 2 aromatic carbocycles. The lowest BCUT2D eigenvalue weighted by atomic mass is 10.1. The van der Waals surface area contributed by atoms with Crippen LogP contribution in [0.4, 0.5) is 5.82 Å². The first-order valence-corrected chi connectivity index (χ1v) is 12.2. The number of aryl methyl sites for hydroxylation is 1. The summed E-state index contributed by atoms with van der Waals surface area (Å²) in [4.78, 5) is 12.9. The molecule has 5 rings (SSSR count). The van der Waals surface area contributed by atoms with Gasteiger partial charge < -0.3 is 10.1 Å². The molecular weight excluding hydrogens is 450 g/mol. The maximum atomic E-state index is 12.9. The summed E-state index contributed by atoms with van der Waals surface area (Å²) in [7, 11) is 0. The highest BCUT2D eigenvalue weighted by atomic mass is 32.2. The molecule has 1 atom stereocenters. The third-order valence-electron chi connectivity index (χ3n) is 5.56. The summed E-state index contributed by atoms with van der Waals surface area (Å²) in [5.74, 6) is 0.613. The van der Waals surface area contributed by atoms with Crippen LogP contribution in [0.1, 0.15) is 18.4 Å². The minimum atomic E-state index is -0.163. The zero-order valence-corrected chi connectivity index (χ0v) is 19.6. The normalized spacial score (nSPS) is 15.5. The summed E-state index contributed by atoms with van der Waals surface area (Å²) >= 11 is 1.30. The van der Waals surface area contributed by atoms with Crippen molar-refractivity contribution in [3.8, 4) is 16.9 Å². The smallest absolute Gasteiger partial charge is 0.236 e. The molecule has 3 heterocycles. The van der Waals surface area contributed by atoms with Crippen molar-refractivity contribution in [1.82, 2.24) is 30.0 Å². The molecule has 10 heteroatoms. The lowest BCUT2D eigenvalue weighted by molar-refractivity contribution is -0.113. The number of hydrogen-bond acceptors (Lipinski definition) is 7. The topological polar surface area (TPSA) is 99.8 Å². The van der Waals surface area contributed by atoms with Gasteiger partial charge in [-0.2, -0.15) is 5.10 Å². The Bertz CT molecular complexity index is 1250. The van der Waals surface area contributed by atoms with Crippen LogP contribution in [0.15, 0.2) is 65.8 Å². The third kappa shape index (κ3) is 5.18. The van der Waals surface area contributed by atoms with Gasteiger partial charge in [-0.05, 0) is 42.3 Å². The summed E-state index contributed by atoms with van der Waals surface area (Å²) in [5.41, 5.74) is 3.81. The van der Waals surface area contributed by atoms with Gasteiger partial charge in [0.15, 0.2) is 0 Å². The van der Waals surface area contributed by atoms with E-state index in [4.69, 9.17) is 9.84 Å². The molecule has 0 aliphatic carbocycles. The maximum absolute atomic E-state index is 12.9. The molecule has 1 N–H and O–H groups in total.